The predicted molar refractivity (Wildman–Crippen MR) is 69.4 cm³/mol. The molecule has 0 aliphatic carbocycles. The van der Waals surface area contributed by atoms with Crippen molar-refractivity contribution in [2.24, 2.45) is 0 Å². The normalized spacial score (nSPS) is 25.6. The van der Waals surface area contributed by atoms with Gasteiger partial charge in [0.05, 0.1) is 0 Å². The molecule has 106 valence electrons. The molecule has 2 heterocycles. The maximum absolute atomic E-state index is 11.6. The molecule has 2 aliphatic heterocycles. The minimum atomic E-state index is -0.576. The van der Waals surface area contributed by atoms with Crippen molar-refractivity contribution in [1.82, 2.24) is 15.1 Å². The molecule has 0 saturated carbocycles. The van der Waals surface area contributed by atoms with E-state index in [0.29, 0.717) is 12.6 Å². The van der Waals surface area contributed by atoms with E-state index >= 15 is 0 Å². The van der Waals surface area contributed by atoms with Gasteiger partial charge in [-0.2, -0.15) is 0 Å². The highest BCUT2D eigenvalue weighted by atomic mass is 16.2. The Morgan fingerprint density at radius 3 is 2.68 bits per heavy atom. The number of barbiturate groups is 1. The van der Waals surface area contributed by atoms with Crippen LogP contribution in [0.1, 0.15) is 39.0 Å². The fraction of sp³-hybridized carbons (Fsp3) is 0.769. The molecule has 0 spiro atoms. The van der Waals surface area contributed by atoms with Crippen molar-refractivity contribution in [2.75, 3.05) is 19.6 Å². The molecular weight excluding hydrogens is 246 g/mol. The number of carbonyl (C=O) groups is 3. The van der Waals surface area contributed by atoms with E-state index in [2.05, 4.69) is 17.1 Å². The second-order valence-corrected chi connectivity index (χ2v) is 5.31. The van der Waals surface area contributed by atoms with Crippen LogP contribution in [0.4, 0.5) is 4.79 Å². The summed E-state index contributed by atoms with van der Waals surface area (Å²) in [6.45, 7) is 4.60. The third-order valence-corrected chi connectivity index (χ3v) is 3.87. The number of imide groups is 2. The molecule has 4 amide bonds. The lowest BCUT2D eigenvalue weighted by Gasteiger charge is -2.34. The molecule has 2 aliphatic rings. The summed E-state index contributed by atoms with van der Waals surface area (Å²) in [4.78, 5) is 37.7. The van der Waals surface area contributed by atoms with Gasteiger partial charge >= 0.3 is 6.03 Å². The number of urea groups is 1. The smallest absolute Gasteiger partial charge is 0.301 e. The number of hydrogen-bond donors (Lipinski definition) is 1. The van der Waals surface area contributed by atoms with Crippen LogP contribution in [-0.4, -0.2) is 53.3 Å². The first-order chi connectivity index (χ1) is 9.08. The second-order valence-electron chi connectivity index (χ2n) is 5.31. The standard InChI is InChI=1S/C13H21N3O3/c1-10-5-2-3-6-15(10)7-4-8-16-12(18)9-11(17)14-13(16)19/h10H,2-9H2,1H3,(H,14,17,19). The maximum atomic E-state index is 11.6. The van der Waals surface area contributed by atoms with Crippen molar-refractivity contribution >= 4 is 17.8 Å². The molecule has 6 heteroatoms. The number of carbonyl (C=O) groups excluding carboxylic acids is 3. The fourth-order valence-electron chi connectivity index (χ4n) is 2.72. The number of rotatable bonds is 4. The Morgan fingerprint density at radius 2 is 2.00 bits per heavy atom. The molecule has 0 radical (unpaired) electrons. The average molecular weight is 267 g/mol. The van der Waals surface area contributed by atoms with Crippen LogP contribution in [0.3, 0.4) is 0 Å². The largest absolute Gasteiger partial charge is 0.330 e. The Bertz CT molecular complexity index is 363. The van der Waals surface area contributed by atoms with Crippen LogP contribution in [0.5, 0.6) is 0 Å². The molecule has 19 heavy (non-hydrogen) atoms. The topological polar surface area (TPSA) is 69.7 Å². The molecule has 2 fully saturated rings. The summed E-state index contributed by atoms with van der Waals surface area (Å²) < 4.78 is 0. The Morgan fingerprint density at radius 1 is 1.21 bits per heavy atom. The maximum Gasteiger partial charge on any atom is 0.330 e. The minimum absolute atomic E-state index is 0.216. The Labute approximate surface area is 113 Å². The highest BCUT2D eigenvalue weighted by molar-refractivity contribution is 6.14. The third-order valence-electron chi connectivity index (χ3n) is 3.87. The summed E-state index contributed by atoms with van der Waals surface area (Å²) in [6.07, 6.45) is 4.27. The molecule has 1 N–H and O–H groups in total. The van der Waals surface area contributed by atoms with Gasteiger partial charge in [-0.05, 0) is 32.7 Å². The first-order valence-electron chi connectivity index (χ1n) is 6.96. The third kappa shape index (κ3) is 3.53. The van der Waals surface area contributed by atoms with Crippen LogP contribution in [-0.2, 0) is 9.59 Å². The van der Waals surface area contributed by atoms with Crippen LogP contribution in [0.25, 0.3) is 0 Å². The zero-order valence-electron chi connectivity index (χ0n) is 11.4. The molecule has 1 atom stereocenters. The number of amides is 4. The summed E-state index contributed by atoms with van der Waals surface area (Å²) in [7, 11) is 0. The number of nitrogens with one attached hydrogen (secondary N) is 1. The first kappa shape index (κ1) is 14.0. The van der Waals surface area contributed by atoms with Gasteiger partial charge in [-0.15, -0.1) is 0 Å². The molecule has 0 bridgehead atoms. The summed E-state index contributed by atoms with van der Waals surface area (Å²) >= 11 is 0. The van der Waals surface area contributed by atoms with Crippen molar-refractivity contribution in [3.63, 3.8) is 0 Å². The quantitative estimate of drug-likeness (QED) is 0.762. The lowest BCUT2D eigenvalue weighted by Crippen LogP contribution is -2.53. The molecule has 2 rings (SSSR count). The zero-order valence-corrected chi connectivity index (χ0v) is 11.4. The lowest BCUT2D eigenvalue weighted by molar-refractivity contribution is -0.136. The van der Waals surface area contributed by atoms with Gasteiger partial charge in [-0.1, -0.05) is 6.42 Å². The van der Waals surface area contributed by atoms with E-state index < -0.39 is 11.9 Å². The van der Waals surface area contributed by atoms with Crippen LogP contribution >= 0.6 is 0 Å². The molecular formula is C13H21N3O3. The molecule has 0 aromatic carbocycles. The Balaban J connectivity index is 1.77. The monoisotopic (exact) mass is 267 g/mol. The van der Waals surface area contributed by atoms with E-state index in [0.717, 1.165) is 24.4 Å². The van der Waals surface area contributed by atoms with Gasteiger partial charge in [-0.25, -0.2) is 4.79 Å². The number of nitrogens with zero attached hydrogens (tertiary/aromatic N) is 2. The minimum Gasteiger partial charge on any atom is -0.301 e. The van der Waals surface area contributed by atoms with Crippen LogP contribution < -0.4 is 5.32 Å². The van der Waals surface area contributed by atoms with Gasteiger partial charge in [0.2, 0.25) is 11.8 Å². The van der Waals surface area contributed by atoms with E-state index in [1.807, 2.05) is 0 Å². The molecule has 6 nitrogen and oxygen atoms in total. The predicted octanol–water partition coefficient (Wildman–Crippen LogP) is 0.719. The van der Waals surface area contributed by atoms with Gasteiger partial charge in [0.15, 0.2) is 0 Å². The van der Waals surface area contributed by atoms with Crippen LogP contribution in [0.2, 0.25) is 0 Å². The van der Waals surface area contributed by atoms with Gasteiger partial charge in [0.25, 0.3) is 0 Å². The highest BCUT2D eigenvalue weighted by Crippen LogP contribution is 2.16. The van der Waals surface area contributed by atoms with Crippen molar-refractivity contribution in [3.8, 4) is 0 Å². The van der Waals surface area contributed by atoms with Crippen LogP contribution in [0.15, 0.2) is 0 Å². The first-order valence-corrected chi connectivity index (χ1v) is 6.96. The molecule has 1 unspecified atom stereocenters. The Hall–Kier alpha value is -1.43. The average Bonchev–Trinajstić information content (AvgIpc) is 2.34. The summed E-state index contributed by atoms with van der Waals surface area (Å²) in [5.74, 6) is -0.892. The van der Waals surface area contributed by atoms with Gasteiger partial charge in [-0.3, -0.25) is 19.8 Å². The Kier molecular flexibility index (Phi) is 4.52. The number of hydrogen-bond acceptors (Lipinski definition) is 4. The summed E-state index contributed by atoms with van der Waals surface area (Å²) in [5, 5.41) is 2.17. The van der Waals surface area contributed by atoms with E-state index in [4.69, 9.17) is 0 Å². The molecule has 2 saturated heterocycles. The summed E-state index contributed by atoms with van der Waals surface area (Å²) in [5.41, 5.74) is 0. The molecule has 0 aromatic rings. The van der Waals surface area contributed by atoms with Crippen molar-refractivity contribution in [2.45, 2.75) is 45.1 Å². The highest BCUT2D eigenvalue weighted by Gasteiger charge is 2.30. The van der Waals surface area contributed by atoms with Crippen molar-refractivity contribution in [1.29, 1.82) is 0 Å². The fourth-order valence-corrected chi connectivity index (χ4v) is 2.72. The lowest BCUT2D eigenvalue weighted by atomic mass is 10.0. The van der Waals surface area contributed by atoms with E-state index in [-0.39, 0.29) is 12.3 Å². The van der Waals surface area contributed by atoms with E-state index in [9.17, 15) is 14.4 Å². The van der Waals surface area contributed by atoms with E-state index in [1.54, 1.807) is 0 Å². The number of likely N-dealkylation sites (tertiary alicyclic amines) is 1. The van der Waals surface area contributed by atoms with Gasteiger partial charge in [0, 0.05) is 19.1 Å². The van der Waals surface area contributed by atoms with Gasteiger partial charge in [0.1, 0.15) is 6.42 Å². The van der Waals surface area contributed by atoms with Gasteiger partial charge < -0.3 is 4.90 Å². The molecule has 0 aromatic heterocycles. The second kappa shape index (κ2) is 6.14. The van der Waals surface area contributed by atoms with Crippen molar-refractivity contribution in [3.05, 3.63) is 0 Å². The van der Waals surface area contributed by atoms with Crippen LogP contribution in [0, 0.1) is 0 Å². The van der Waals surface area contributed by atoms with E-state index in [1.165, 1.54) is 19.3 Å². The number of piperidine rings is 1. The summed E-state index contributed by atoms with van der Waals surface area (Å²) in [6, 6.07) is 0.00848. The zero-order chi connectivity index (χ0) is 13.8. The van der Waals surface area contributed by atoms with Crippen molar-refractivity contribution < 1.29 is 14.4 Å². The SMILES string of the molecule is CC1CCCCN1CCCN1C(=O)CC(=O)NC1=O.